The van der Waals surface area contributed by atoms with Crippen LogP contribution in [0.25, 0.3) is 93.0 Å². The minimum Gasteiger partial charge on any atom is -0.309 e. The summed E-state index contributed by atoms with van der Waals surface area (Å²) in [4.78, 5) is 14.8. The van der Waals surface area contributed by atoms with Crippen molar-refractivity contribution < 1.29 is 0 Å². The molecule has 0 N–H and O–H groups in total. The maximum atomic E-state index is 4.96. The molecule has 5 heteroatoms. The summed E-state index contributed by atoms with van der Waals surface area (Å²) in [6.07, 6.45) is 0. The van der Waals surface area contributed by atoms with E-state index in [1.807, 2.05) is 72.0 Å². The third kappa shape index (κ3) is 4.79. The van der Waals surface area contributed by atoms with Crippen LogP contribution in [0.1, 0.15) is 0 Å². The summed E-state index contributed by atoms with van der Waals surface area (Å²) in [6.45, 7) is 0. The predicted octanol–water partition coefficient (Wildman–Crippen LogP) is 12.0. The van der Waals surface area contributed by atoms with Crippen molar-refractivity contribution in [2.24, 2.45) is 0 Å². The summed E-state index contributed by atoms with van der Waals surface area (Å²) in [6, 6.07) is 59.8. The van der Waals surface area contributed by atoms with Gasteiger partial charge >= 0.3 is 0 Å². The average Bonchev–Trinajstić information content (AvgIpc) is 3.73. The number of para-hydroxylation sites is 2. The topological polar surface area (TPSA) is 43.6 Å². The van der Waals surface area contributed by atoms with Gasteiger partial charge in [-0.2, -0.15) is 0 Å². The number of rotatable bonds is 5. The minimum atomic E-state index is 0.666. The van der Waals surface area contributed by atoms with E-state index in [1.54, 1.807) is 0 Å². The molecule has 0 radical (unpaired) electrons. The van der Waals surface area contributed by atoms with E-state index in [0.717, 1.165) is 16.7 Å². The first-order valence-corrected chi connectivity index (χ1v) is 17.5. The van der Waals surface area contributed by atoms with Gasteiger partial charge in [0.05, 0.1) is 11.0 Å². The Morgan fingerprint density at radius 2 is 0.820 bits per heavy atom. The van der Waals surface area contributed by atoms with Gasteiger partial charge in [0, 0.05) is 53.3 Å². The van der Waals surface area contributed by atoms with Crippen molar-refractivity contribution in [1.29, 1.82) is 0 Å². The van der Waals surface area contributed by atoms with E-state index in [9.17, 15) is 0 Å². The number of hydrogen-bond donors (Lipinski definition) is 0. The van der Waals surface area contributed by atoms with E-state index >= 15 is 0 Å². The molecule has 0 fully saturated rings. The summed E-state index contributed by atoms with van der Waals surface area (Å²) >= 11 is 1.81. The van der Waals surface area contributed by atoms with Crippen LogP contribution >= 0.6 is 11.3 Å². The Morgan fingerprint density at radius 1 is 0.340 bits per heavy atom. The van der Waals surface area contributed by atoms with Crippen LogP contribution in [0.4, 0.5) is 0 Å². The van der Waals surface area contributed by atoms with E-state index in [1.165, 1.54) is 58.8 Å². The van der Waals surface area contributed by atoms with Gasteiger partial charge in [0.2, 0.25) is 0 Å². The lowest BCUT2D eigenvalue weighted by Gasteiger charge is -2.08. The number of hydrogen-bond acceptors (Lipinski definition) is 4. The fourth-order valence-electron chi connectivity index (χ4n) is 7.04. The first kappa shape index (κ1) is 28.6. The molecular formula is C45H28N4S. The van der Waals surface area contributed by atoms with Crippen molar-refractivity contribution >= 4 is 53.3 Å². The minimum absolute atomic E-state index is 0.666. The van der Waals surface area contributed by atoms with E-state index in [4.69, 9.17) is 15.0 Å². The molecule has 0 unspecified atom stereocenters. The molecule has 7 aromatic carbocycles. The van der Waals surface area contributed by atoms with Crippen LogP contribution in [-0.4, -0.2) is 19.5 Å². The summed E-state index contributed by atoms with van der Waals surface area (Å²) in [5.41, 5.74) is 8.91. The first-order valence-electron chi connectivity index (χ1n) is 16.7. The molecule has 0 saturated carbocycles. The molecule has 0 bridgehead atoms. The molecule has 50 heavy (non-hydrogen) atoms. The quantitative estimate of drug-likeness (QED) is 0.185. The molecule has 0 saturated heterocycles. The zero-order valence-electron chi connectivity index (χ0n) is 26.9. The molecule has 0 aliphatic carbocycles. The molecule has 0 aliphatic heterocycles. The van der Waals surface area contributed by atoms with Gasteiger partial charge in [0.1, 0.15) is 0 Å². The van der Waals surface area contributed by atoms with Gasteiger partial charge < -0.3 is 4.57 Å². The Balaban J connectivity index is 1.07. The second kappa shape index (κ2) is 11.6. The maximum Gasteiger partial charge on any atom is 0.164 e. The summed E-state index contributed by atoms with van der Waals surface area (Å²) < 4.78 is 4.82. The predicted molar refractivity (Wildman–Crippen MR) is 209 cm³/mol. The fourth-order valence-corrected chi connectivity index (χ4v) is 8.23. The lowest BCUT2D eigenvalue weighted by Crippen LogP contribution is -1.99. The molecule has 0 atom stereocenters. The fraction of sp³-hybridized carbons (Fsp3) is 0. The molecule has 234 valence electrons. The van der Waals surface area contributed by atoms with Gasteiger partial charge in [-0.1, -0.05) is 127 Å². The molecular weight excluding hydrogens is 629 g/mol. The van der Waals surface area contributed by atoms with Gasteiger partial charge in [-0.15, -0.1) is 11.3 Å². The van der Waals surface area contributed by atoms with Crippen LogP contribution in [-0.2, 0) is 0 Å². The zero-order valence-corrected chi connectivity index (χ0v) is 27.7. The van der Waals surface area contributed by atoms with Gasteiger partial charge in [0.25, 0.3) is 0 Å². The van der Waals surface area contributed by atoms with Gasteiger partial charge in [-0.25, -0.2) is 15.0 Å². The average molecular weight is 657 g/mol. The van der Waals surface area contributed by atoms with E-state index in [0.29, 0.717) is 17.5 Å². The largest absolute Gasteiger partial charge is 0.309 e. The number of benzene rings is 7. The Labute approximate surface area is 292 Å². The summed E-state index contributed by atoms with van der Waals surface area (Å²) in [7, 11) is 0. The van der Waals surface area contributed by atoms with Gasteiger partial charge in [-0.05, 0) is 53.6 Å². The summed E-state index contributed by atoms with van der Waals surface area (Å²) in [5.74, 6) is 2.00. The third-order valence-corrected chi connectivity index (χ3v) is 10.6. The Morgan fingerprint density at radius 3 is 1.48 bits per heavy atom. The summed E-state index contributed by atoms with van der Waals surface area (Å²) in [5, 5.41) is 5.01. The number of thiophene rings is 1. The van der Waals surface area contributed by atoms with E-state index in [2.05, 4.69) is 114 Å². The monoisotopic (exact) mass is 656 g/mol. The smallest absolute Gasteiger partial charge is 0.164 e. The van der Waals surface area contributed by atoms with Crippen LogP contribution in [0.15, 0.2) is 170 Å². The van der Waals surface area contributed by atoms with E-state index in [-0.39, 0.29) is 0 Å². The van der Waals surface area contributed by atoms with Crippen molar-refractivity contribution in [3.8, 4) is 51.0 Å². The van der Waals surface area contributed by atoms with Crippen LogP contribution < -0.4 is 0 Å². The van der Waals surface area contributed by atoms with Crippen LogP contribution in [0, 0.1) is 0 Å². The Hall–Kier alpha value is -6.43. The normalized spacial score (nSPS) is 11.6. The Bertz CT molecular complexity index is 2800. The van der Waals surface area contributed by atoms with Crippen molar-refractivity contribution in [3.63, 3.8) is 0 Å². The SMILES string of the molecule is c1ccc(-c2nc(-c3ccccc3)nc(-c3ccc4c(c3)sc3cc(-c5ccc6c(c5)c5ccccc5n6-c5ccccc5)ccc34)n2)cc1. The van der Waals surface area contributed by atoms with Crippen molar-refractivity contribution in [2.75, 3.05) is 0 Å². The third-order valence-electron chi connectivity index (χ3n) is 9.45. The van der Waals surface area contributed by atoms with Crippen LogP contribution in [0.3, 0.4) is 0 Å². The lowest BCUT2D eigenvalue weighted by atomic mass is 10.0. The van der Waals surface area contributed by atoms with Crippen molar-refractivity contribution in [2.45, 2.75) is 0 Å². The van der Waals surface area contributed by atoms with E-state index < -0.39 is 0 Å². The molecule has 10 aromatic rings. The zero-order chi connectivity index (χ0) is 33.0. The van der Waals surface area contributed by atoms with Crippen LogP contribution in [0.2, 0.25) is 0 Å². The Kier molecular flexibility index (Phi) is 6.64. The van der Waals surface area contributed by atoms with Crippen LogP contribution in [0.5, 0.6) is 0 Å². The second-order valence-electron chi connectivity index (χ2n) is 12.5. The molecule has 3 aromatic heterocycles. The number of fused-ring (bicyclic) bond motifs is 6. The highest BCUT2D eigenvalue weighted by molar-refractivity contribution is 7.25. The maximum absolute atomic E-state index is 4.96. The molecule has 4 nitrogen and oxygen atoms in total. The standard InChI is InChI=1S/C45H28N4S/c1-4-12-29(13-5-1)43-46-44(30-14-6-2-7-15-30)48-45(47-43)33-21-24-37-36-23-20-32(27-41(36)50-42(37)28-33)31-22-25-40-38(26-31)35-18-10-11-19-39(35)49(40)34-16-8-3-9-17-34/h1-28H. The van der Waals surface area contributed by atoms with Crippen molar-refractivity contribution in [3.05, 3.63) is 170 Å². The second-order valence-corrected chi connectivity index (χ2v) is 13.6. The van der Waals surface area contributed by atoms with Gasteiger partial charge in [0.15, 0.2) is 17.5 Å². The highest BCUT2D eigenvalue weighted by Crippen LogP contribution is 2.40. The lowest BCUT2D eigenvalue weighted by molar-refractivity contribution is 1.07. The first-order chi connectivity index (χ1) is 24.8. The number of nitrogens with zero attached hydrogens (tertiary/aromatic N) is 4. The molecule has 0 amide bonds. The van der Waals surface area contributed by atoms with Gasteiger partial charge in [-0.3, -0.25) is 0 Å². The highest BCUT2D eigenvalue weighted by atomic mass is 32.1. The highest BCUT2D eigenvalue weighted by Gasteiger charge is 2.16. The molecule has 10 rings (SSSR count). The van der Waals surface area contributed by atoms with Crippen molar-refractivity contribution in [1.82, 2.24) is 19.5 Å². The number of aromatic nitrogens is 4. The molecule has 0 aliphatic rings. The molecule has 0 spiro atoms. The molecule has 3 heterocycles.